The summed E-state index contributed by atoms with van der Waals surface area (Å²) in [6, 6.07) is 21.4. The molecule has 1 heterocycles. The average Bonchev–Trinajstić information content (AvgIpc) is 3.14. The number of benzene rings is 3. The Balaban J connectivity index is 1.86. The second-order valence-corrected chi connectivity index (χ2v) is 9.02. The van der Waals surface area contributed by atoms with E-state index in [4.69, 9.17) is 9.47 Å². The third-order valence-corrected chi connectivity index (χ3v) is 6.41. The molecule has 0 spiro atoms. The summed E-state index contributed by atoms with van der Waals surface area (Å²) in [5.74, 6) is -0.0838. The van der Waals surface area contributed by atoms with E-state index in [1.165, 1.54) is 4.90 Å². The van der Waals surface area contributed by atoms with Gasteiger partial charge in [-0.15, -0.1) is 0 Å². The number of rotatable bonds is 8. The van der Waals surface area contributed by atoms with E-state index < -0.39 is 17.7 Å². The SMILES string of the molecule is CCOc1cccc(/C(O)=C2/C(=O)C(=O)N(Cc3ccccc3OC)C2c2ccc(C(C)C)cc2)c1. The summed E-state index contributed by atoms with van der Waals surface area (Å²) in [6.45, 7) is 6.70. The standard InChI is InChI=1S/C30H31NO5/c1-5-36-24-11-8-10-22(17-24)28(32)26-27(21-15-13-20(14-16-21)19(2)3)31(30(34)29(26)33)18-23-9-6-7-12-25(23)35-4/h6-17,19,27,32H,5,18H2,1-4H3/b28-26-. The smallest absolute Gasteiger partial charge is 0.295 e. The Morgan fingerprint density at radius 1 is 1.00 bits per heavy atom. The number of hydrogen-bond donors (Lipinski definition) is 1. The molecule has 0 aromatic heterocycles. The summed E-state index contributed by atoms with van der Waals surface area (Å²) in [5.41, 5.74) is 3.13. The molecule has 1 unspecified atom stereocenters. The lowest BCUT2D eigenvalue weighted by Crippen LogP contribution is -2.29. The molecule has 0 saturated carbocycles. The lowest BCUT2D eigenvalue weighted by atomic mass is 9.93. The maximum absolute atomic E-state index is 13.4. The van der Waals surface area contributed by atoms with Crippen molar-refractivity contribution in [1.82, 2.24) is 4.90 Å². The maximum atomic E-state index is 13.4. The van der Waals surface area contributed by atoms with Gasteiger partial charge in [-0.25, -0.2) is 0 Å². The molecule has 1 aliphatic heterocycles. The first-order valence-corrected chi connectivity index (χ1v) is 12.1. The molecule has 6 heteroatoms. The first kappa shape index (κ1) is 25.0. The fourth-order valence-electron chi connectivity index (χ4n) is 4.53. The normalized spacial score (nSPS) is 17.0. The van der Waals surface area contributed by atoms with Gasteiger partial charge in [-0.3, -0.25) is 9.59 Å². The van der Waals surface area contributed by atoms with Crippen molar-refractivity contribution >= 4 is 17.4 Å². The van der Waals surface area contributed by atoms with Crippen molar-refractivity contribution in [3.63, 3.8) is 0 Å². The molecule has 0 bridgehead atoms. The quantitative estimate of drug-likeness (QED) is 0.246. The molecule has 0 radical (unpaired) electrons. The number of carbonyl (C=O) groups is 2. The highest BCUT2D eigenvalue weighted by Crippen LogP contribution is 2.41. The molecule has 1 N–H and O–H groups in total. The third-order valence-electron chi connectivity index (χ3n) is 6.41. The minimum Gasteiger partial charge on any atom is -0.507 e. The summed E-state index contributed by atoms with van der Waals surface area (Å²) in [4.78, 5) is 28.2. The van der Waals surface area contributed by atoms with Crippen LogP contribution in [-0.4, -0.2) is 35.4 Å². The number of ether oxygens (including phenoxy) is 2. The van der Waals surface area contributed by atoms with Crippen LogP contribution in [0.2, 0.25) is 0 Å². The summed E-state index contributed by atoms with van der Waals surface area (Å²) in [7, 11) is 1.57. The number of Topliss-reactive ketones (excluding diaryl/α,β-unsaturated/α-hetero) is 1. The van der Waals surface area contributed by atoms with Crippen LogP contribution in [0.25, 0.3) is 5.76 Å². The molecule has 1 atom stereocenters. The molecule has 1 saturated heterocycles. The summed E-state index contributed by atoms with van der Waals surface area (Å²) < 4.78 is 11.1. The van der Waals surface area contributed by atoms with E-state index in [2.05, 4.69) is 13.8 Å². The van der Waals surface area contributed by atoms with Crippen molar-refractivity contribution in [1.29, 1.82) is 0 Å². The largest absolute Gasteiger partial charge is 0.507 e. The molecule has 1 aliphatic rings. The summed E-state index contributed by atoms with van der Waals surface area (Å²) in [5, 5.41) is 11.4. The van der Waals surface area contributed by atoms with Crippen LogP contribution in [0.5, 0.6) is 11.5 Å². The van der Waals surface area contributed by atoms with E-state index in [0.29, 0.717) is 29.6 Å². The number of carbonyl (C=O) groups excluding carboxylic acids is 2. The molecule has 4 rings (SSSR count). The molecule has 36 heavy (non-hydrogen) atoms. The van der Waals surface area contributed by atoms with Crippen LogP contribution in [0.4, 0.5) is 0 Å². The predicted octanol–water partition coefficient (Wildman–Crippen LogP) is 5.84. The van der Waals surface area contributed by atoms with Crippen molar-refractivity contribution in [2.75, 3.05) is 13.7 Å². The van der Waals surface area contributed by atoms with Gasteiger partial charge in [0.1, 0.15) is 17.3 Å². The van der Waals surface area contributed by atoms with Crippen LogP contribution in [0.15, 0.2) is 78.4 Å². The van der Waals surface area contributed by atoms with Gasteiger partial charge < -0.3 is 19.5 Å². The Morgan fingerprint density at radius 2 is 1.72 bits per heavy atom. The average molecular weight is 486 g/mol. The number of aliphatic hydroxyl groups excluding tert-OH is 1. The number of nitrogens with zero attached hydrogens (tertiary/aromatic N) is 1. The van der Waals surface area contributed by atoms with Gasteiger partial charge >= 0.3 is 0 Å². The van der Waals surface area contributed by atoms with Crippen LogP contribution < -0.4 is 9.47 Å². The zero-order valence-corrected chi connectivity index (χ0v) is 21.0. The van der Waals surface area contributed by atoms with Gasteiger partial charge in [-0.2, -0.15) is 0 Å². The topological polar surface area (TPSA) is 76.1 Å². The predicted molar refractivity (Wildman–Crippen MR) is 139 cm³/mol. The number of amides is 1. The first-order valence-electron chi connectivity index (χ1n) is 12.1. The van der Waals surface area contributed by atoms with E-state index in [1.54, 1.807) is 31.4 Å². The van der Waals surface area contributed by atoms with Crippen LogP contribution in [-0.2, 0) is 16.1 Å². The molecule has 3 aromatic carbocycles. The number of ketones is 1. The fraction of sp³-hybridized carbons (Fsp3) is 0.267. The number of hydrogen-bond acceptors (Lipinski definition) is 5. The Morgan fingerprint density at radius 3 is 2.39 bits per heavy atom. The molecule has 3 aromatic rings. The van der Waals surface area contributed by atoms with E-state index in [0.717, 1.165) is 16.7 Å². The van der Waals surface area contributed by atoms with Crippen molar-refractivity contribution in [2.45, 2.75) is 39.3 Å². The number of methoxy groups -OCH3 is 1. The Labute approximate surface area is 211 Å². The Bertz CT molecular complexity index is 1290. The van der Waals surface area contributed by atoms with Gasteiger partial charge in [0.25, 0.3) is 11.7 Å². The number of likely N-dealkylation sites (tertiary alicyclic amines) is 1. The highest BCUT2D eigenvalue weighted by Gasteiger charge is 2.46. The van der Waals surface area contributed by atoms with Gasteiger partial charge in [0.2, 0.25) is 0 Å². The minimum absolute atomic E-state index is 0.0563. The number of aliphatic hydroxyl groups is 1. The van der Waals surface area contributed by atoms with Crippen molar-refractivity contribution in [3.05, 3.63) is 101 Å². The molecular formula is C30H31NO5. The first-order chi connectivity index (χ1) is 17.3. The van der Waals surface area contributed by atoms with Gasteiger partial charge in [0, 0.05) is 11.1 Å². The lowest BCUT2D eigenvalue weighted by Gasteiger charge is -2.26. The van der Waals surface area contributed by atoms with Gasteiger partial charge in [0.05, 0.1) is 31.9 Å². The van der Waals surface area contributed by atoms with E-state index >= 15 is 0 Å². The minimum atomic E-state index is -0.758. The second-order valence-electron chi connectivity index (χ2n) is 9.02. The van der Waals surface area contributed by atoms with Crippen LogP contribution >= 0.6 is 0 Å². The second kappa shape index (κ2) is 10.7. The molecule has 1 fully saturated rings. The zero-order chi connectivity index (χ0) is 25.8. The third kappa shape index (κ3) is 4.85. The maximum Gasteiger partial charge on any atom is 0.295 e. The monoisotopic (exact) mass is 485 g/mol. The fourth-order valence-corrected chi connectivity index (χ4v) is 4.53. The molecular weight excluding hydrogens is 454 g/mol. The highest BCUT2D eigenvalue weighted by molar-refractivity contribution is 6.46. The Hall–Kier alpha value is -4.06. The molecule has 1 amide bonds. The van der Waals surface area contributed by atoms with Crippen molar-refractivity contribution in [2.24, 2.45) is 0 Å². The van der Waals surface area contributed by atoms with Crippen LogP contribution in [0.1, 0.15) is 55.0 Å². The number of para-hydroxylation sites is 1. The zero-order valence-electron chi connectivity index (χ0n) is 21.0. The summed E-state index contributed by atoms with van der Waals surface area (Å²) in [6.07, 6.45) is 0. The van der Waals surface area contributed by atoms with Crippen LogP contribution in [0.3, 0.4) is 0 Å². The van der Waals surface area contributed by atoms with E-state index in [1.807, 2.05) is 55.5 Å². The summed E-state index contributed by atoms with van der Waals surface area (Å²) >= 11 is 0. The van der Waals surface area contributed by atoms with Crippen LogP contribution in [0, 0.1) is 0 Å². The molecule has 6 nitrogen and oxygen atoms in total. The molecule has 0 aliphatic carbocycles. The molecule has 186 valence electrons. The van der Waals surface area contributed by atoms with Gasteiger partial charge in [-0.05, 0) is 42.2 Å². The van der Waals surface area contributed by atoms with Gasteiger partial charge in [0.15, 0.2) is 0 Å². The lowest BCUT2D eigenvalue weighted by molar-refractivity contribution is -0.140. The van der Waals surface area contributed by atoms with E-state index in [-0.39, 0.29) is 17.9 Å². The van der Waals surface area contributed by atoms with Crippen molar-refractivity contribution in [3.8, 4) is 11.5 Å². The van der Waals surface area contributed by atoms with Crippen molar-refractivity contribution < 1.29 is 24.2 Å². The Kier molecular flexibility index (Phi) is 7.44. The highest BCUT2D eigenvalue weighted by atomic mass is 16.5. The van der Waals surface area contributed by atoms with E-state index in [9.17, 15) is 14.7 Å². The van der Waals surface area contributed by atoms with Gasteiger partial charge in [-0.1, -0.05) is 68.4 Å².